The van der Waals surface area contributed by atoms with Gasteiger partial charge in [0.25, 0.3) is 0 Å². The Labute approximate surface area is 168 Å². The molecule has 0 aliphatic heterocycles. The minimum Gasteiger partial charge on any atom is -0.302 e. The topological polar surface area (TPSA) is 55.8 Å². The van der Waals surface area contributed by atoms with Crippen molar-refractivity contribution >= 4 is 7.82 Å². The first-order valence-corrected chi connectivity index (χ1v) is 13.2. The van der Waals surface area contributed by atoms with Crippen molar-refractivity contribution in [3.8, 4) is 0 Å². The number of phosphoric ester groups is 1. The molecule has 162 valence electrons. The van der Waals surface area contributed by atoms with E-state index in [0.29, 0.717) is 12.5 Å². The molecular weight excluding hydrogens is 359 g/mol. The molecule has 0 saturated heterocycles. The highest BCUT2D eigenvalue weighted by Crippen LogP contribution is 2.47. The zero-order valence-corrected chi connectivity index (χ0v) is 18.9. The van der Waals surface area contributed by atoms with E-state index in [4.69, 9.17) is 9.05 Å². The molecule has 0 amide bonds. The maximum Gasteiger partial charge on any atom is 0.472 e. The zero-order valence-electron chi connectivity index (χ0n) is 18.0. The number of phosphoric acid groups is 1. The summed E-state index contributed by atoms with van der Waals surface area (Å²) in [5, 5.41) is 0. The van der Waals surface area contributed by atoms with Crippen molar-refractivity contribution in [1.82, 2.24) is 0 Å². The van der Waals surface area contributed by atoms with Crippen LogP contribution in [0.15, 0.2) is 0 Å². The quantitative estimate of drug-likeness (QED) is 0.198. The van der Waals surface area contributed by atoms with Crippen molar-refractivity contribution < 1.29 is 18.5 Å². The Morgan fingerprint density at radius 1 is 0.852 bits per heavy atom. The van der Waals surface area contributed by atoms with Gasteiger partial charge >= 0.3 is 7.82 Å². The number of unbranched alkanes of at least 4 members (excludes halogenated alkanes) is 8. The summed E-state index contributed by atoms with van der Waals surface area (Å²) in [5.41, 5.74) is 0. The fourth-order valence-electron chi connectivity index (χ4n) is 3.97. The molecule has 0 bridgehead atoms. The third-order valence-corrected chi connectivity index (χ3v) is 6.78. The van der Waals surface area contributed by atoms with E-state index < -0.39 is 7.82 Å². The first kappa shape index (κ1) is 25.1. The van der Waals surface area contributed by atoms with Crippen molar-refractivity contribution in [2.45, 2.75) is 129 Å². The second-order valence-corrected chi connectivity index (χ2v) is 9.81. The molecule has 0 aromatic carbocycles. The van der Waals surface area contributed by atoms with E-state index in [-0.39, 0.29) is 6.10 Å². The van der Waals surface area contributed by atoms with Crippen molar-refractivity contribution in [2.75, 3.05) is 6.61 Å². The third-order valence-electron chi connectivity index (χ3n) is 5.74. The van der Waals surface area contributed by atoms with E-state index in [1.807, 2.05) is 0 Å². The Kier molecular flexibility index (Phi) is 14.9. The van der Waals surface area contributed by atoms with Gasteiger partial charge in [0.1, 0.15) is 0 Å². The van der Waals surface area contributed by atoms with Gasteiger partial charge in [0.2, 0.25) is 0 Å². The lowest BCUT2D eigenvalue weighted by molar-refractivity contribution is 0.0722. The van der Waals surface area contributed by atoms with Crippen molar-refractivity contribution in [3.63, 3.8) is 0 Å². The van der Waals surface area contributed by atoms with Gasteiger partial charge in [0.15, 0.2) is 0 Å². The van der Waals surface area contributed by atoms with Crippen LogP contribution < -0.4 is 0 Å². The summed E-state index contributed by atoms with van der Waals surface area (Å²) in [4.78, 5) is 10.1. The van der Waals surface area contributed by atoms with Crippen LogP contribution in [0.1, 0.15) is 123 Å². The monoisotopic (exact) mass is 404 g/mol. The fourth-order valence-corrected chi connectivity index (χ4v) is 5.02. The van der Waals surface area contributed by atoms with Crippen LogP contribution in [-0.4, -0.2) is 17.6 Å². The first-order valence-electron chi connectivity index (χ1n) is 11.7. The summed E-state index contributed by atoms with van der Waals surface area (Å²) in [6.07, 6.45) is 19.9. The second-order valence-electron chi connectivity index (χ2n) is 8.40. The fraction of sp³-hybridized carbons (Fsp3) is 1.00. The van der Waals surface area contributed by atoms with Crippen LogP contribution >= 0.6 is 7.82 Å². The molecule has 1 N–H and O–H groups in total. The number of hydrogen-bond acceptors (Lipinski definition) is 3. The van der Waals surface area contributed by atoms with Crippen molar-refractivity contribution in [1.29, 1.82) is 0 Å². The summed E-state index contributed by atoms with van der Waals surface area (Å²) in [5.74, 6) is 0.378. The van der Waals surface area contributed by atoms with E-state index in [0.717, 1.165) is 38.5 Å². The molecule has 5 heteroatoms. The predicted octanol–water partition coefficient (Wildman–Crippen LogP) is 7.79. The average Bonchev–Trinajstić information content (AvgIpc) is 2.65. The molecule has 0 heterocycles. The van der Waals surface area contributed by atoms with Gasteiger partial charge in [0.05, 0.1) is 12.7 Å². The summed E-state index contributed by atoms with van der Waals surface area (Å²) in [7, 11) is -3.91. The van der Waals surface area contributed by atoms with Gasteiger partial charge in [-0.15, -0.1) is 0 Å². The summed E-state index contributed by atoms with van der Waals surface area (Å²) in [6.45, 7) is 4.83. The molecule has 2 atom stereocenters. The molecule has 1 fully saturated rings. The van der Waals surface area contributed by atoms with E-state index in [9.17, 15) is 9.46 Å². The van der Waals surface area contributed by atoms with Crippen LogP contribution in [-0.2, 0) is 13.6 Å². The molecule has 0 radical (unpaired) electrons. The largest absolute Gasteiger partial charge is 0.472 e. The van der Waals surface area contributed by atoms with Crippen LogP contribution in [0.25, 0.3) is 0 Å². The molecular formula is C22H45O4P. The Balaban J connectivity index is 2.32. The highest BCUT2D eigenvalue weighted by atomic mass is 31.2. The Hall–Kier alpha value is 0.110. The van der Waals surface area contributed by atoms with Gasteiger partial charge in [0, 0.05) is 0 Å². The minimum absolute atomic E-state index is 0.101. The Bertz CT molecular complexity index is 383. The van der Waals surface area contributed by atoms with Crippen LogP contribution in [0.4, 0.5) is 0 Å². The van der Waals surface area contributed by atoms with E-state index in [1.54, 1.807) is 0 Å². The number of rotatable bonds is 17. The average molecular weight is 405 g/mol. The maximum atomic E-state index is 12.3. The van der Waals surface area contributed by atoms with Crippen molar-refractivity contribution in [3.05, 3.63) is 0 Å². The van der Waals surface area contributed by atoms with Gasteiger partial charge in [-0.05, 0) is 31.6 Å². The summed E-state index contributed by atoms with van der Waals surface area (Å²) in [6, 6.07) is 0. The maximum absolute atomic E-state index is 12.3. The minimum atomic E-state index is -3.91. The van der Waals surface area contributed by atoms with Crippen LogP contribution in [0.5, 0.6) is 0 Å². The smallest absolute Gasteiger partial charge is 0.302 e. The van der Waals surface area contributed by atoms with E-state index in [1.165, 1.54) is 70.6 Å². The molecule has 0 aromatic rings. The Morgan fingerprint density at radius 3 is 1.96 bits per heavy atom. The molecule has 0 spiro atoms. The Morgan fingerprint density at radius 2 is 1.37 bits per heavy atom. The van der Waals surface area contributed by atoms with Gasteiger partial charge in [-0.1, -0.05) is 97.3 Å². The second kappa shape index (κ2) is 16.0. The lowest BCUT2D eigenvalue weighted by atomic mass is 9.95. The summed E-state index contributed by atoms with van der Waals surface area (Å²) < 4.78 is 23.2. The number of hydrogen-bond donors (Lipinski definition) is 1. The molecule has 27 heavy (non-hydrogen) atoms. The highest BCUT2D eigenvalue weighted by molar-refractivity contribution is 7.47. The first-order chi connectivity index (χ1) is 13.1. The van der Waals surface area contributed by atoms with Gasteiger partial charge in [-0.3, -0.25) is 9.05 Å². The molecule has 1 saturated carbocycles. The molecule has 0 aromatic heterocycles. The van der Waals surface area contributed by atoms with Crippen LogP contribution in [0.2, 0.25) is 0 Å². The normalized spacial score (nSPS) is 19.1. The van der Waals surface area contributed by atoms with Gasteiger partial charge in [-0.2, -0.15) is 0 Å². The molecule has 1 aliphatic rings. The highest BCUT2D eigenvalue weighted by Gasteiger charge is 2.28. The zero-order chi connectivity index (χ0) is 19.8. The van der Waals surface area contributed by atoms with E-state index in [2.05, 4.69) is 13.8 Å². The summed E-state index contributed by atoms with van der Waals surface area (Å²) >= 11 is 0. The lowest BCUT2D eigenvalue weighted by Gasteiger charge is -2.25. The third kappa shape index (κ3) is 13.8. The lowest BCUT2D eigenvalue weighted by Crippen LogP contribution is -2.17. The molecule has 2 unspecified atom stereocenters. The van der Waals surface area contributed by atoms with Crippen LogP contribution in [0, 0.1) is 5.92 Å². The molecule has 4 nitrogen and oxygen atoms in total. The predicted molar refractivity (Wildman–Crippen MR) is 114 cm³/mol. The van der Waals surface area contributed by atoms with Crippen molar-refractivity contribution in [2.24, 2.45) is 5.92 Å². The van der Waals surface area contributed by atoms with Crippen LogP contribution in [0.3, 0.4) is 0 Å². The van der Waals surface area contributed by atoms with Gasteiger partial charge in [-0.25, -0.2) is 4.57 Å². The molecule has 1 rings (SSSR count). The standard InChI is InChI=1S/C22H45O4P/c1-3-5-7-9-10-13-17-21(16-12-8-6-4-2)20-25-27(23,24)26-22-18-14-11-15-19-22/h21-22H,3-20H2,1-2H3,(H,23,24). The van der Waals surface area contributed by atoms with E-state index >= 15 is 0 Å². The van der Waals surface area contributed by atoms with Gasteiger partial charge < -0.3 is 4.89 Å². The SMILES string of the molecule is CCCCCCCCC(CCCCCC)COP(=O)(O)OC1CCCCC1. The molecule has 1 aliphatic carbocycles.